The number of nitrogens with one attached hydrogen (secondary N) is 1. The van der Waals surface area contributed by atoms with Crippen molar-refractivity contribution in [1.82, 2.24) is 10.2 Å². The third kappa shape index (κ3) is 4.60. The Morgan fingerprint density at radius 2 is 2.10 bits per heavy atom. The minimum Gasteiger partial charge on any atom is -0.313 e. The minimum absolute atomic E-state index is 0.695. The summed E-state index contributed by atoms with van der Waals surface area (Å²) in [5, 5.41) is 3.68. The largest absolute Gasteiger partial charge is 0.313 e. The van der Waals surface area contributed by atoms with E-state index >= 15 is 0 Å². The fraction of sp³-hybridized carbons (Fsp3) is 0.667. The van der Waals surface area contributed by atoms with E-state index in [0.29, 0.717) is 6.04 Å². The van der Waals surface area contributed by atoms with Gasteiger partial charge in [0.25, 0.3) is 0 Å². The molecule has 1 saturated heterocycles. The predicted octanol–water partition coefficient (Wildman–Crippen LogP) is 3.66. The predicted molar refractivity (Wildman–Crippen MR) is 87.1 cm³/mol. The molecular weight excluding hydrogens is 244 g/mol. The van der Waals surface area contributed by atoms with Gasteiger partial charge in [0.1, 0.15) is 0 Å². The van der Waals surface area contributed by atoms with Crippen molar-refractivity contribution in [3.8, 4) is 0 Å². The molecule has 2 rings (SSSR count). The molecular formula is C18H30N2. The second-order valence-corrected chi connectivity index (χ2v) is 6.31. The van der Waals surface area contributed by atoms with Crippen LogP contribution >= 0.6 is 0 Å². The van der Waals surface area contributed by atoms with Crippen LogP contribution in [0.25, 0.3) is 0 Å². The molecule has 1 N–H and O–H groups in total. The SMILES string of the molecule is CCCN(Cc1ccc(C)cc1C)CC1CCCCN1. The summed E-state index contributed by atoms with van der Waals surface area (Å²) in [5.41, 5.74) is 4.28. The van der Waals surface area contributed by atoms with Crippen LogP contribution in [0, 0.1) is 13.8 Å². The molecule has 0 aromatic heterocycles. The van der Waals surface area contributed by atoms with E-state index in [4.69, 9.17) is 0 Å². The van der Waals surface area contributed by atoms with Crippen LogP contribution in [0.4, 0.5) is 0 Å². The van der Waals surface area contributed by atoms with Crippen molar-refractivity contribution in [1.29, 1.82) is 0 Å². The van der Waals surface area contributed by atoms with Gasteiger partial charge in [-0.25, -0.2) is 0 Å². The summed E-state index contributed by atoms with van der Waals surface area (Å²) in [5.74, 6) is 0. The Labute approximate surface area is 124 Å². The normalized spacial score (nSPS) is 19.5. The van der Waals surface area contributed by atoms with Crippen molar-refractivity contribution in [2.75, 3.05) is 19.6 Å². The lowest BCUT2D eigenvalue weighted by atomic mass is 10.0. The van der Waals surface area contributed by atoms with Crippen LogP contribution in [0.3, 0.4) is 0 Å². The van der Waals surface area contributed by atoms with E-state index in [1.165, 1.54) is 62.0 Å². The zero-order chi connectivity index (χ0) is 14.4. The lowest BCUT2D eigenvalue weighted by molar-refractivity contribution is 0.217. The summed E-state index contributed by atoms with van der Waals surface area (Å²) in [4.78, 5) is 2.63. The molecule has 1 heterocycles. The maximum atomic E-state index is 3.68. The van der Waals surface area contributed by atoms with Gasteiger partial charge in [0.2, 0.25) is 0 Å². The van der Waals surface area contributed by atoms with Crippen LogP contribution in [0.15, 0.2) is 18.2 Å². The van der Waals surface area contributed by atoms with Crippen LogP contribution < -0.4 is 5.32 Å². The van der Waals surface area contributed by atoms with Gasteiger partial charge in [0.15, 0.2) is 0 Å². The number of benzene rings is 1. The highest BCUT2D eigenvalue weighted by atomic mass is 15.1. The summed E-state index contributed by atoms with van der Waals surface area (Å²) in [6.45, 7) is 11.4. The standard InChI is InChI=1S/C18H30N2/c1-4-11-20(14-18-7-5-6-10-19-18)13-17-9-8-15(2)12-16(17)3/h8-9,12,18-19H,4-7,10-11,13-14H2,1-3H3. The molecule has 1 aliphatic rings. The molecule has 20 heavy (non-hydrogen) atoms. The number of hydrogen-bond donors (Lipinski definition) is 1. The minimum atomic E-state index is 0.695. The molecule has 0 aliphatic carbocycles. The molecule has 1 aliphatic heterocycles. The number of hydrogen-bond acceptors (Lipinski definition) is 2. The fourth-order valence-electron chi connectivity index (χ4n) is 3.21. The van der Waals surface area contributed by atoms with Gasteiger partial charge in [-0.05, 0) is 57.3 Å². The first kappa shape index (κ1) is 15.5. The molecule has 1 aromatic rings. The van der Waals surface area contributed by atoms with Crippen molar-refractivity contribution in [2.24, 2.45) is 0 Å². The molecule has 0 saturated carbocycles. The van der Waals surface area contributed by atoms with E-state index in [0.717, 1.165) is 6.54 Å². The molecule has 1 aromatic carbocycles. The Morgan fingerprint density at radius 3 is 2.75 bits per heavy atom. The molecule has 0 bridgehead atoms. The first-order valence-corrected chi connectivity index (χ1v) is 8.21. The van der Waals surface area contributed by atoms with Gasteiger partial charge in [-0.2, -0.15) is 0 Å². The zero-order valence-corrected chi connectivity index (χ0v) is 13.4. The molecule has 0 radical (unpaired) electrons. The lowest BCUT2D eigenvalue weighted by Gasteiger charge is -2.31. The van der Waals surface area contributed by atoms with Gasteiger partial charge >= 0.3 is 0 Å². The molecule has 1 fully saturated rings. The average molecular weight is 274 g/mol. The van der Waals surface area contributed by atoms with Crippen LogP contribution in [-0.2, 0) is 6.54 Å². The molecule has 1 atom stereocenters. The Hall–Kier alpha value is -0.860. The van der Waals surface area contributed by atoms with Crippen LogP contribution in [0.5, 0.6) is 0 Å². The first-order chi connectivity index (χ1) is 9.69. The summed E-state index contributed by atoms with van der Waals surface area (Å²) >= 11 is 0. The fourth-order valence-corrected chi connectivity index (χ4v) is 3.21. The average Bonchev–Trinajstić information content (AvgIpc) is 2.43. The lowest BCUT2D eigenvalue weighted by Crippen LogP contribution is -2.43. The Morgan fingerprint density at radius 1 is 1.25 bits per heavy atom. The van der Waals surface area contributed by atoms with Crippen molar-refractivity contribution in [2.45, 2.75) is 59.0 Å². The second-order valence-electron chi connectivity index (χ2n) is 6.31. The molecule has 2 heteroatoms. The highest BCUT2D eigenvalue weighted by Crippen LogP contribution is 2.15. The van der Waals surface area contributed by atoms with Crippen molar-refractivity contribution in [3.63, 3.8) is 0 Å². The van der Waals surface area contributed by atoms with Crippen LogP contribution in [0.2, 0.25) is 0 Å². The van der Waals surface area contributed by atoms with E-state index in [9.17, 15) is 0 Å². The van der Waals surface area contributed by atoms with Gasteiger partial charge in [-0.3, -0.25) is 4.90 Å². The van der Waals surface area contributed by atoms with Crippen molar-refractivity contribution in [3.05, 3.63) is 34.9 Å². The summed E-state index contributed by atoms with van der Waals surface area (Å²) < 4.78 is 0. The third-order valence-corrected chi connectivity index (χ3v) is 4.32. The summed E-state index contributed by atoms with van der Waals surface area (Å²) in [7, 11) is 0. The monoisotopic (exact) mass is 274 g/mol. The van der Waals surface area contributed by atoms with Gasteiger partial charge in [0.05, 0.1) is 0 Å². The maximum Gasteiger partial charge on any atom is 0.0237 e. The molecule has 112 valence electrons. The van der Waals surface area contributed by atoms with Gasteiger partial charge in [-0.15, -0.1) is 0 Å². The van der Waals surface area contributed by atoms with E-state index < -0.39 is 0 Å². The van der Waals surface area contributed by atoms with Gasteiger partial charge in [-0.1, -0.05) is 37.1 Å². The van der Waals surface area contributed by atoms with E-state index in [-0.39, 0.29) is 0 Å². The van der Waals surface area contributed by atoms with Gasteiger partial charge in [0, 0.05) is 19.1 Å². The smallest absolute Gasteiger partial charge is 0.0237 e. The summed E-state index contributed by atoms with van der Waals surface area (Å²) in [6.07, 6.45) is 5.31. The van der Waals surface area contributed by atoms with Gasteiger partial charge < -0.3 is 5.32 Å². The number of rotatable bonds is 6. The molecule has 1 unspecified atom stereocenters. The van der Waals surface area contributed by atoms with E-state index in [1.54, 1.807) is 0 Å². The van der Waals surface area contributed by atoms with Crippen LogP contribution in [0.1, 0.15) is 49.3 Å². The van der Waals surface area contributed by atoms with E-state index in [1.807, 2.05) is 0 Å². The number of aryl methyl sites for hydroxylation is 2. The number of nitrogens with zero attached hydrogens (tertiary/aromatic N) is 1. The van der Waals surface area contributed by atoms with Crippen molar-refractivity contribution >= 4 is 0 Å². The topological polar surface area (TPSA) is 15.3 Å². The highest BCUT2D eigenvalue weighted by Gasteiger charge is 2.16. The summed E-state index contributed by atoms with van der Waals surface area (Å²) in [6, 6.07) is 7.55. The van der Waals surface area contributed by atoms with Crippen LogP contribution in [-0.4, -0.2) is 30.6 Å². The third-order valence-electron chi connectivity index (χ3n) is 4.32. The molecule has 0 amide bonds. The highest BCUT2D eigenvalue weighted by molar-refractivity contribution is 5.30. The quantitative estimate of drug-likeness (QED) is 0.851. The van der Waals surface area contributed by atoms with E-state index in [2.05, 4.69) is 49.2 Å². The first-order valence-electron chi connectivity index (χ1n) is 8.21. The Kier molecular flexibility index (Phi) is 6.06. The number of piperidine rings is 1. The Bertz CT molecular complexity index is 408. The Balaban J connectivity index is 1.96. The second kappa shape index (κ2) is 7.80. The molecule has 0 spiro atoms. The zero-order valence-electron chi connectivity index (χ0n) is 13.4. The van der Waals surface area contributed by atoms with Crippen molar-refractivity contribution < 1.29 is 0 Å². The maximum absolute atomic E-state index is 3.68. The molecule has 2 nitrogen and oxygen atoms in total.